The fraction of sp³-hybridized carbons (Fsp3) is 0.500. The number of hydrogen-bond donors (Lipinski definition) is 3. The molecule has 1 rings (SSSR count). The van der Waals surface area contributed by atoms with Crippen LogP contribution in [0.4, 0.5) is 11.4 Å². The second-order valence-corrected chi connectivity index (χ2v) is 6.05. The van der Waals surface area contributed by atoms with Gasteiger partial charge >= 0.3 is 0 Å². The summed E-state index contributed by atoms with van der Waals surface area (Å²) in [5.41, 5.74) is 6.89. The summed E-state index contributed by atoms with van der Waals surface area (Å²) in [5, 5.41) is 12.2. The molecule has 1 aromatic carbocycles. The van der Waals surface area contributed by atoms with E-state index in [-0.39, 0.29) is 17.3 Å². The van der Waals surface area contributed by atoms with E-state index in [4.69, 9.17) is 10.5 Å². The fourth-order valence-electron chi connectivity index (χ4n) is 1.47. The number of nitrogens with two attached hydrogens (primary N) is 1. The largest absolute Gasteiger partial charge is 0.497 e. The maximum atomic E-state index is 11.8. The van der Waals surface area contributed by atoms with Crippen LogP contribution in [-0.4, -0.2) is 35.2 Å². The molecule has 4 N–H and O–H groups in total. The Kier molecular flexibility index (Phi) is 6.67. The average Bonchev–Trinajstić information content (AvgIpc) is 2.40. The minimum atomic E-state index is -0.375. The molecule has 6 heteroatoms. The van der Waals surface area contributed by atoms with Gasteiger partial charge in [-0.3, -0.25) is 4.79 Å². The first kappa shape index (κ1) is 16.7. The number of nitrogens with one attached hydrogen (secondary N) is 1. The van der Waals surface area contributed by atoms with Gasteiger partial charge in [0.25, 0.3) is 0 Å². The number of nitrogen functional groups attached to an aromatic ring is 1. The predicted octanol–water partition coefficient (Wildman–Crippen LogP) is 2.11. The quantitative estimate of drug-likeness (QED) is 0.671. The molecule has 0 aliphatic heterocycles. The van der Waals surface area contributed by atoms with Crippen LogP contribution in [0.25, 0.3) is 0 Å². The number of benzene rings is 1. The minimum Gasteiger partial charge on any atom is -0.497 e. The number of carbonyl (C=O) groups excluding carboxylic acids is 1. The molecule has 0 aliphatic rings. The molecule has 0 aliphatic carbocycles. The lowest BCUT2D eigenvalue weighted by Gasteiger charge is -2.14. The van der Waals surface area contributed by atoms with E-state index in [0.717, 1.165) is 0 Å². The second kappa shape index (κ2) is 8.01. The van der Waals surface area contributed by atoms with E-state index in [1.807, 2.05) is 6.92 Å². The summed E-state index contributed by atoms with van der Waals surface area (Å²) < 4.78 is 5.05. The third-order valence-electron chi connectivity index (χ3n) is 2.92. The number of aliphatic hydroxyl groups excluding tert-OH is 1. The SMILES string of the molecule is COc1ccc(NC(=O)CCSC(C)C(C)O)c(N)c1. The van der Waals surface area contributed by atoms with Crippen LogP contribution in [0.3, 0.4) is 0 Å². The van der Waals surface area contributed by atoms with Gasteiger partial charge in [-0.2, -0.15) is 11.8 Å². The Hall–Kier alpha value is -1.40. The van der Waals surface area contributed by atoms with Crippen LogP contribution in [0.1, 0.15) is 20.3 Å². The predicted molar refractivity (Wildman–Crippen MR) is 84.3 cm³/mol. The lowest BCUT2D eigenvalue weighted by molar-refractivity contribution is -0.115. The lowest BCUT2D eigenvalue weighted by Crippen LogP contribution is -2.18. The van der Waals surface area contributed by atoms with Gasteiger partial charge in [0.2, 0.25) is 5.91 Å². The van der Waals surface area contributed by atoms with Crippen molar-refractivity contribution < 1.29 is 14.6 Å². The van der Waals surface area contributed by atoms with Gasteiger partial charge in [-0.15, -0.1) is 0 Å². The highest BCUT2D eigenvalue weighted by Gasteiger charge is 2.11. The molecular formula is C14H22N2O3S. The van der Waals surface area contributed by atoms with Crippen molar-refractivity contribution in [1.29, 1.82) is 0 Å². The van der Waals surface area contributed by atoms with Crippen molar-refractivity contribution in [3.8, 4) is 5.75 Å². The van der Waals surface area contributed by atoms with Crippen molar-refractivity contribution in [2.24, 2.45) is 0 Å². The molecule has 0 bridgehead atoms. The molecule has 112 valence electrons. The second-order valence-electron chi connectivity index (χ2n) is 4.57. The summed E-state index contributed by atoms with van der Waals surface area (Å²) in [7, 11) is 1.56. The van der Waals surface area contributed by atoms with Gasteiger partial charge in [0, 0.05) is 23.5 Å². The van der Waals surface area contributed by atoms with Gasteiger partial charge in [-0.05, 0) is 19.1 Å². The molecule has 0 radical (unpaired) electrons. The maximum Gasteiger partial charge on any atom is 0.225 e. The maximum absolute atomic E-state index is 11.8. The molecule has 20 heavy (non-hydrogen) atoms. The third-order valence-corrected chi connectivity index (χ3v) is 4.28. The van der Waals surface area contributed by atoms with Crippen LogP contribution in [0, 0.1) is 0 Å². The Morgan fingerprint density at radius 3 is 2.75 bits per heavy atom. The summed E-state index contributed by atoms with van der Waals surface area (Å²) in [5.74, 6) is 1.22. The van der Waals surface area contributed by atoms with Crippen molar-refractivity contribution >= 4 is 29.0 Å². The van der Waals surface area contributed by atoms with Crippen LogP contribution < -0.4 is 15.8 Å². The number of methoxy groups -OCH3 is 1. The van der Waals surface area contributed by atoms with Crippen molar-refractivity contribution in [3.05, 3.63) is 18.2 Å². The molecule has 2 atom stereocenters. The Bertz CT molecular complexity index is 452. The molecular weight excluding hydrogens is 276 g/mol. The Labute approximate surface area is 123 Å². The molecule has 0 heterocycles. The fourth-order valence-corrected chi connectivity index (χ4v) is 2.42. The molecule has 0 fully saturated rings. The Morgan fingerprint density at radius 1 is 1.50 bits per heavy atom. The van der Waals surface area contributed by atoms with E-state index in [2.05, 4.69) is 5.32 Å². The first-order chi connectivity index (χ1) is 9.43. The molecule has 0 saturated heterocycles. The van der Waals surface area contributed by atoms with E-state index >= 15 is 0 Å². The Morgan fingerprint density at radius 2 is 2.20 bits per heavy atom. The zero-order valence-corrected chi connectivity index (χ0v) is 12.9. The van der Waals surface area contributed by atoms with Crippen LogP contribution in [0.2, 0.25) is 0 Å². The normalized spacial score (nSPS) is 13.6. The van der Waals surface area contributed by atoms with E-state index in [1.54, 1.807) is 44.0 Å². The van der Waals surface area contributed by atoms with Crippen LogP contribution >= 0.6 is 11.8 Å². The van der Waals surface area contributed by atoms with Crippen molar-refractivity contribution in [3.63, 3.8) is 0 Å². The summed E-state index contributed by atoms with van der Waals surface area (Å²) in [6.45, 7) is 3.69. The first-order valence-corrected chi connectivity index (χ1v) is 7.52. The molecule has 5 nitrogen and oxygen atoms in total. The molecule has 0 saturated carbocycles. The molecule has 0 spiro atoms. The Balaban J connectivity index is 2.43. The van der Waals surface area contributed by atoms with E-state index in [1.165, 1.54) is 0 Å². The number of anilines is 2. The smallest absolute Gasteiger partial charge is 0.225 e. The number of aliphatic hydroxyl groups is 1. The number of thioether (sulfide) groups is 1. The number of ether oxygens (including phenoxy) is 1. The van der Waals surface area contributed by atoms with Crippen LogP contribution in [0.5, 0.6) is 5.75 Å². The number of carbonyl (C=O) groups is 1. The van der Waals surface area contributed by atoms with E-state index < -0.39 is 0 Å². The zero-order valence-electron chi connectivity index (χ0n) is 12.1. The molecule has 2 unspecified atom stereocenters. The number of rotatable bonds is 7. The summed E-state index contributed by atoms with van der Waals surface area (Å²) in [6.07, 6.45) is 0.00741. The molecule has 1 amide bonds. The summed E-state index contributed by atoms with van der Waals surface area (Å²) in [4.78, 5) is 11.8. The highest BCUT2D eigenvalue weighted by molar-refractivity contribution is 7.99. The monoisotopic (exact) mass is 298 g/mol. The topological polar surface area (TPSA) is 84.6 Å². The standard InChI is InChI=1S/C14H22N2O3S/c1-9(17)10(2)20-7-6-14(18)16-13-5-4-11(19-3)8-12(13)15/h4-5,8-10,17H,6-7,15H2,1-3H3,(H,16,18). The summed E-state index contributed by atoms with van der Waals surface area (Å²) >= 11 is 1.57. The van der Waals surface area contributed by atoms with Crippen LogP contribution in [-0.2, 0) is 4.79 Å². The van der Waals surface area contributed by atoms with Gasteiger partial charge in [0.15, 0.2) is 0 Å². The van der Waals surface area contributed by atoms with Gasteiger partial charge in [-0.25, -0.2) is 0 Å². The molecule has 1 aromatic rings. The number of amides is 1. The van der Waals surface area contributed by atoms with Crippen molar-refractivity contribution in [1.82, 2.24) is 0 Å². The van der Waals surface area contributed by atoms with Gasteiger partial charge < -0.3 is 20.9 Å². The highest BCUT2D eigenvalue weighted by Crippen LogP contribution is 2.24. The molecule has 0 aromatic heterocycles. The van der Waals surface area contributed by atoms with Crippen molar-refractivity contribution in [2.75, 3.05) is 23.9 Å². The van der Waals surface area contributed by atoms with E-state index in [9.17, 15) is 9.90 Å². The lowest BCUT2D eigenvalue weighted by atomic mass is 10.2. The highest BCUT2D eigenvalue weighted by atomic mass is 32.2. The average molecular weight is 298 g/mol. The minimum absolute atomic E-state index is 0.0906. The number of hydrogen-bond acceptors (Lipinski definition) is 5. The zero-order chi connectivity index (χ0) is 15.1. The van der Waals surface area contributed by atoms with Crippen molar-refractivity contribution in [2.45, 2.75) is 31.6 Å². The summed E-state index contributed by atoms with van der Waals surface area (Å²) in [6, 6.07) is 5.13. The third kappa shape index (κ3) is 5.30. The first-order valence-electron chi connectivity index (χ1n) is 6.47. The van der Waals surface area contributed by atoms with Gasteiger partial charge in [0.1, 0.15) is 5.75 Å². The van der Waals surface area contributed by atoms with Gasteiger partial charge in [0.05, 0.1) is 24.6 Å². The van der Waals surface area contributed by atoms with Crippen LogP contribution in [0.15, 0.2) is 18.2 Å². The van der Waals surface area contributed by atoms with Gasteiger partial charge in [-0.1, -0.05) is 6.92 Å². The van der Waals surface area contributed by atoms with E-state index in [0.29, 0.717) is 29.3 Å².